The van der Waals surface area contributed by atoms with Crippen LogP contribution >= 0.6 is 0 Å². The summed E-state index contributed by atoms with van der Waals surface area (Å²) in [7, 11) is 0. The Hall–Kier alpha value is -4.72. The zero-order valence-electron chi connectivity index (χ0n) is 25.5. The van der Waals surface area contributed by atoms with E-state index in [1.807, 2.05) is 27.7 Å². The van der Waals surface area contributed by atoms with Crippen molar-refractivity contribution < 1.29 is 40.9 Å². The fourth-order valence-corrected chi connectivity index (χ4v) is 7.17. The van der Waals surface area contributed by atoms with E-state index in [1.165, 1.54) is 24.3 Å². The third-order valence-electron chi connectivity index (χ3n) is 9.31. The third-order valence-corrected chi connectivity index (χ3v) is 9.31. The van der Waals surface area contributed by atoms with Gasteiger partial charge in [-0.25, -0.2) is 0 Å². The van der Waals surface area contributed by atoms with E-state index in [9.17, 15) is 40.9 Å². The Balaban J connectivity index is 1.94. The fourth-order valence-electron chi connectivity index (χ4n) is 7.17. The van der Waals surface area contributed by atoms with Crippen LogP contribution in [0.15, 0.2) is 24.3 Å². The number of benzene rings is 4. The predicted molar refractivity (Wildman–Crippen MR) is 168 cm³/mol. The van der Waals surface area contributed by atoms with Gasteiger partial charge < -0.3 is 40.9 Å². The maximum Gasteiger partial charge on any atom is 0.123 e. The van der Waals surface area contributed by atoms with E-state index < -0.39 is 0 Å². The van der Waals surface area contributed by atoms with Gasteiger partial charge >= 0.3 is 0 Å². The maximum absolute atomic E-state index is 11.1. The average Bonchev–Trinajstić information content (AvgIpc) is 2.97. The number of fused-ring (bicyclic) bond motifs is 8. The lowest BCUT2D eigenvalue weighted by molar-refractivity contribution is 0.434. The average molecular weight is 601 g/mol. The highest BCUT2D eigenvalue weighted by atomic mass is 16.3. The Morgan fingerprint density at radius 2 is 0.455 bits per heavy atom. The van der Waals surface area contributed by atoms with Gasteiger partial charge in [0.2, 0.25) is 0 Å². The predicted octanol–water partition coefficient (Wildman–Crippen LogP) is 6.26. The van der Waals surface area contributed by atoms with Crippen LogP contribution in [0.5, 0.6) is 46.0 Å². The molecule has 0 radical (unpaired) electrons. The monoisotopic (exact) mass is 600 g/mol. The first kappa shape index (κ1) is 30.7. The number of rotatable bonds is 4. The van der Waals surface area contributed by atoms with Gasteiger partial charge in [-0.3, -0.25) is 0 Å². The molecule has 0 saturated carbocycles. The van der Waals surface area contributed by atoms with Crippen LogP contribution in [-0.4, -0.2) is 40.9 Å². The molecule has 0 aromatic heterocycles. The van der Waals surface area contributed by atoms with Crippen molar-refractivity contribution in [2.75, 3.05) is 0 Å². The lowest BCUT2D eigenvalue weighted by Crippen LogP contribution is -2.10. The first-order valence-electron chi connectivity index (χ1n) is 15.2. The molecule has 8 nitrogen and oxygen atoms in total. The standard InChI is InChI=1S/C36H40O8/c1-5-17-21-9-23-18(6-2)25(33(41)14-31(23)39)11-27-20(8-4)28(36(44)16-35(27)43)12-26-19(7-3)24(32(40)15-34(26)42)10-22(17)30(38)13-29(21)37/h13-16,37-44H,5-12H2,1-4H3. The van der Waals surface area contributed by atoms with Crippen molar-refractivity contribution in [2.24, 2.45) is 0 Å². The van der Waals surface area contributed by atoms with Gasteiger partial charge in [-0.15, -0.1) is 0 Å². The first-order valence-corrected chi connectivity index (χ1v) is 15.2. The molecule has 0 atom stereocenters. The molecular formula is C36H40O8. The Labute approximate surface area is 256 Å². The molecule has 0 amide bonds. The quantitative estimate of drug-likeness (QED) is 0.120. The molecule has 1 aliphatic carbocycles. The maximum atomic E-state index is 11.1. The topological polar surface area (TPSA) is 162 Å². The summed E-state index contributed by atoms with van der Waals surface area (Å²) >= 11 is 0. The number of phenolic OH excluding ortho intramolecular Hbond substituents is 8. The Bertz CT molecular complexity index is 1420. The van der Waals surface area contributed by atoms with E-state index in [0.717, 1.165) is 0 Å². The summed E-state index contributed by atoms with van der Waals surface area (Å²) in [5, 5.41) is 88.9. The molecule has 8 heteroatoms. The van der Waals surface area contributed by atoms with Gasteiger partial charge in [0.25, 0.3) is 0 Å². The molecule has 8 bridgehead atoms. The number of hydrogen-bond donors (Lipinski definition) is 8. The summed E-state index contributed by atoms with van der Waals surface area (Å²) in [6.07, 6.45) is 2.13. The lowest BCUT2D eigenvalue weighted by Gasteiger charge is -2.25. The van der Waals surface area contributed by atoms with Crippen molar-refractivity contribution in [1.82, 2.24) is 0 Å². The van der Waals surface area contributed by atoms with Gasteiger partial charge in [0, 0.05) is 94.5 Å². The van der Waals surface area contributed by atoms with Crippen LogP contribution in [0.4, 0.5) is 0 Å². The summed E-state index contributed by atoms with van der Waals surface area (Å²) in [6.45, 7) is 7.59. The molecule has 5 rings (SSSR count). The SMILES string of the molecule is CCc1c2c(O)cc(O)c1Cc1c(O)cc(O)c(c1CC)Cc1c(O)cc(O)c(c1CC)Cc1c(O)cc(O)c(c1CC)C2. The molecule has 0 unspecified atom stereocenters. The van der Waals surface area contributed by atoms with E-state index in [-0.39, 0.29) is 71.7 Å². The van der Waals surface area contributed by atoms with E-state index in [1.54, 1.807) is 0 Å². The van der Waals surface area contributed by atoms with Crippen molar-refractivity contribution in [3.05, 3.63) is 91.0 Å². The van der Waals surface area contributed by atoms with Crippen LogP contribution in [-0.2, 0) is 51.4 Å². The Kier molecular flexibility index (Phi) is 8.21. The van der Waals surface area contributed by atoms with Gasteiger partial charge in [0.15, 0.2) is 0 Å². The van der Waals surface area contributed by atoms with Gasteiger partial charge in [0.1, 0.15) is 46.0 Å². The summed E-state index contributed by atoms with van der Waals surface area (Å²) in [5.74, 6) is -1.11. The summed E-state index contributed by atoms with van der Waals surface area (Å²) in [6, 6.07) is 5.09. The Morgan fingerprint density at radius 3 is 0.568 bits per heavy atom. The second-order valence-electron chi connectivity index (χ2n) is 11.5. The zero-order valence-corrected chi connectivity index (χ0v) is 25.5. The van der Waals surface area contributed by atoms with Crippen LogP contribution in [0, 0.1) is 0 Å². The van der Waals surface area contributed by atoms with Crippen LogP contribution in [0.1, 0.15) is 94.5 Å². The summed E-state index contributed by atoms with van der Waals surface area (Å²) < 4.78 is 0. The van der Waals surface area contributed by atoms with E-state index >= 15 is 0 Å². The molecule has 0 spiro atoms. The molecule has 44 heavy (non-hydrogen) atoms. The normalized spacial score (nSPS) is 12.8. The van der Waals surface area contributed by atoms with Gasteiger partial charge in [-0.05, 0) is 47.9 Å². The largest absolute Gasteiger partial charge is 0.508 e. The first-order chi connectivity index (χ1) is 20.9. The molecule has 0 fully saturated rings. The van der Waals surface area contributed by atoms with Crippen LogP contribution in [0.25, 0.3) is 0 Å². The van der Waals surface area contributed by atoms with Crippen LogP contribution in [0.2, 0.25) is 0 Å². The second kappa shape index (κ2) is 11.8. The minimum Gasteiger partial charge on any atom is -0.508 e. The zero-order chi connectivity index (χ0) is 32.0. The van der Waals surface area contributed by atoms with E-state index in [2.05, 4.69) is 0 Å². The molecule has 8 N–H and O–H groups in total. The second-order valence-corrected chi connectivity index (χ2v) is 11.5. The highest BCUT2D eigenvalue weighted by Gasteiger charge is 2.28. The number of aromatic hydroxyl groups is 8. The van der Waals surface area contributed by atoms with Crippen LogP contribution in [0.3, 0.4) is 0 Å². The van der Waals surface area contributed by atoms with Crippen molar-refractivity contribution in [3.63, 3.8) is 0 Å². The lowest BCUT2D eigenvalue weighted by atomic mass is 9.81. The number of hydrogen-bond acceptors (Lipinski definition) is 8. The Morgan fingerprint density at radius 1 is 0.318 bits per heavy atom. The van der Waals surface area contributed by atoms with Crippen molar-refractivity contribution in [1.29, 1.82) is 0 Å². The van der Waals surface area contributed by atoms with Gasteiger partial charge in [-0.1, -0.05) is 27.7 Å². The smallest absolute Gasteiger partial charge is 0.123 e. The third kappa shape index (κ3) is 4.98. The van der Waals surface area contributed by atoms with E-state index in [0.29, 0.717) is 92.4 Å². The molecule has 0 saturated heterocycles. The molecule has 4 aromatic rings. The van der Waals surface area contributed by atoms with Gasteiger partial charge in [-0.2, -0.15) is 0 Å². The molecule has 0 heterocycles. The highest BCUT2D eigenvalue weighted by molar-refractivity contribution is 5.64. The minimum absolute atomic E-state index is 0.103. The number of phenols is 8. The van der Waals surface area contributed by atoms with Crippen molar-refractivity contribution in [3.8, 4) is 46.0 Å². The van der Waals surface area contributed by atoms with Crippen molar-refractivity contribution in [2.45, 2.75) is 79.1 Å². The van der Waals surface area contributed by atoms with Crippen LogP contribution < -0.4 is 0 Å². The molecule has 0 aliphatic heterocycles. The minimum atomic E-state index is -0.138. The summed E-state index contributed by atoms with van der Waals surface area (Å²) in [5.41, 5.74) is 6.72. The van der Waals surface area contributed by atoms with Crippen molar-refractivity contribution >= 4 is 0 Å². The molecule has 4 aromatic carbocycles. The van der Waals surface area contributed by atoms with E-state index in [4.69, 9.17) is 0 Å². The summed E-state index contributed by atoms with van der Waals surface area (Å²) in [4.78, 5) is 0. The molecule has 232 valence electrons. The molecule has 1 aliphatic rings. The highest BCUT2D eigenvalue weighted by Crippen LogP contribution is 2.45. The fraction of sp³-hybridized carbons (Fsp3) is 0.333. The molecular weight excluding hydrogens is 560 g/mol. The van der Waals surface area contributed by atoms with Gasteiger partial charge in [0.05, 0.1) is 0 Å².